The number of hydrogen-bond acceptors (Lipinski definition) is 9. The molecule has 3 N–H and O–H groups in total. The lowest BCUT2D eigenvalue weighted by Gasteiger charge is -2.33. The average Bonchev–Trinajstić information content (AvgIpc) is 2.81. The van der Waals surface area contributed by atoms with Crippen molar-refractivity contribution in [3.05, 3.63) is 30.6 Å². The Bertz CT molecular complexity index is 1030. The Morgan fingerprint density at radius 2 is 1.97 bits per heavy atom. The van der Waals surface area contributed by atoms with Crippen molar-refractivity contribution in [1.29, 1.82) is 0 Å². The van der Waals surface area contributed by atoms with Crippen LogP contribution in [-0.4, -0.2) is 70.9 Å². The van der Waals surface area contributed by atoms with E-state index in [9.17, 15) is 13.5 Å². The SMILES string of the molecule is COc1ncccc1Nc1nccc(NC2CCC(CS(=O)(=O)N3CCCC(O)C3)CC2)n1. The van der Waals surface area contributed by atoms with Crippen molar-refractivity contribution in [3.63, 3.8) is 0 Å². The molecule has 1 saturated heterocycles. The largest absolute Gasteiger partial charge is 0.480 e. The summed E-state index contributed by atoms with van der Waals surface area (Å²) in [7, 11) is -1.77. The molecule has 2 aromatic heterocycles. The van der Waals surface area contributed by atoms with Crippen molar-refractivity contribution in [3.8, 4) is 5.88 Å². The predicted octanol–water partition coefficient (Wildman–Crippen LogP) is 2.38. The quantitative estimate of drug-likeness (QED) is 0.526. The van der Waals surface area contributed by atoms with Crippen LogP contribution in [0.1, 0.15) is 38.5 Å². The summed E-state index contributed by atoms with van der Waals surface area (Å²) in [6.07, 6.45) is 7.65. The highest BCUT2D eigenvalue weighted by atomic mass is 32.2. The van der Waals surface area contributed by atoms with Gasteiger partial charge in [-0.15, -0.1) is 0 Å². The van der Waals surface area contributed by atoms with Gasteiger partial charge in [-0.3, -0.25) is 0 Å². The number of hydrogen-bond donors (Lipinski definition) is 3. The third-order valence-electron chi connectivity index (χ3n) is 6.26. The molecule has 2 aliphatic rings. The fourth-order valence-corrected chi connectivity index (χ4v) is 6.47. The van der Waals surface area contributed by atoms with Gasteiger partial charge in [0.05, 0.1) is 19.0 Å². The van der Waals surface area contributed by atoms with Gasteiger partial charge >= 0.3 is 0 Å². The third kappa shape index (κ3) is 6.30. The number of rotatable bonds is 8. The maximum atomic E-state index is 12.8. The maximum absolute atomic E-state index is 12.8. The maximum Gasteiger partial charge on any atom is 0.237 e. The molecule has 33 heavy (non-hydrogen) atoms. The van der Waals surface area contributed by atoms with Crippen LogP contribution in [0.5, 0.6) is 5.88 Å². The van der Waals surface area contributed by atoms with Gasteiger partial charge < -0.3 is 20.5 Å². The van der Waals surface area contributed by atoms with Crippen molar-refractivity contribution in [1.82, 2.24) is 19.3 Å². The Morgan fingerprint density at radius 3 is 2.73 bits per heavy atom. The second kappa shape index (κ2) is 10.6. The summed E-state index contributed by atoms with van der Waals surface area (Å²) >= 11 is 0. The number of nitrogens with one attached hydrogen (secondary N) is 2. The third-order valence-corrected chi connectivity index (χ3v) is 8.28. The van der Waals surface area contributed by atoms with Crippen LogP contribution in [-0.2, 0) is 10.0 Å². The summed E-state index contributed by atoms with van der Waals surface area (Å²) in [4.78, 5) is 13.0. The van der Waals surface area contributed by atoms with Gasteiger partial charge in [0.1, 0.15) is 11.5 Å². The summed E-state index contributed by atoms with van der Waals surface area (Å²) in [5.41, 5.74) is 0.681. The molecule has 10 nitrogen and oxygen atoms in total. The number of aliphatic hydroxyl groups excluding tert-OH is 1. The first-order valence-corrected chi connectivity index (χ1v) is 13.1. The molecule has 0 amide bonds. The van der Waals surface area contributed by atoms with E-state index in [-0.39, 0.29) is 24.3 Å². The predicted molar refractivity (Wildman–Crippen MR) is 126 cm³/mol. The number of pyridine rings is 1. The van der Waals surface area contributed by atoms with E-state index in [1.54, 1.807) is 25.6 Å². The van der Waals surface area contributed by atoms with E-state index >= 15 is 0 Å². The summed E-state index contributed by atoms with van der Waals surface area (Å²) < 4.78 is 32.3. The molecule has 4 rings (SSSR count). The van der Waals surface area contributed by atoms with Crippen molar-refractivity contribution < 1.29 is 18.3 Å². The molecule has 180 valence electrons. The molecule has 0 spiro atoms. The number of piperidine rings is 1. The molecule has 2 fully saturated rings. The smallest absolute Gasteiger partial charge is 0.237 e. The number of aliphatic hydroxyl groups is 1. The fraction of sp³-hybridized carbons (Fsp3) is 0.591. The van der Waals surface area contributed by atoms with E-state index in [1.807, 2.05) is 12.1 Å². The minimum atomic E-state index is -3.32. The van der Waals surface area contributed by atoms with E-state index in [4.69, 9.17) is 4.74 Å². The standard InChI is InChI=1S/C22H32N6O4S/c1-32-21-19(5-2-11-23-21)26-22-24-12-10-20(27-22)25-17-8-6-16(7-9-17)15-33(30,31)28-13-3-4-18(29)14-28/h2,5,10-12,16-18,29H,3-4,6-9,13-15H2,1H3,(H2,24,25,26,27). The minimum Gasteiger partial charge on any atom is -0.480 e. The van der Waals surface area contributed by atoms with E-state index in [1.165, 1.54) is 4.31 Å². The zero-order valence-electron chi connectivity index (χ0n) is 18.9. The van der Waals surface area contributed by atoms with Crippen LogP contribution in [0.15, 0.2) is 30.6 Å². The van der Waals surface area contributed by atoms with Crippen molar-refractivity contribution in [2.75, 3.05) is 36.6 Å². The first kappa shape index (κ1) is 23.7. The number of sulfonamides is 1. The highest BCUT2D eigenvalue weighted by Gasteiger charge is 2.32. The highest BCUT2D eigenvalue weighted by molar-refractivity contribution is 7.89. The van der Waals surface area contributed by atoms with Gasteiger partial charge in [-0.2, -0.15) is 9.29 Å². The first-order chi connectivity index (χ1) is 15.9. The average molecular weight is 477 g/mol. The van der Waals surface area contributed by atoms with E-state index in [0.717, 1.165) is 32.1 Å². The Hall–Kier alpha value is -2.50. The molecule has 1 aliphatic carbocycles. The van der Waals surface area contributed by atoms with Gasteiger partial charge in [-0.1, -0.05) is 0 Å². The van der Waals surface area contributed by atoms with Gasteiger partial charge in [-0.05, 0) is 62.6 Å². The number of nitrogens with zero attached hydrogens (tertiary/aromatic N) is 4. The molecular weight excluding hydrogens is 444 g/mol. The van der Waals surface area contributed by atoms with E-state index in [0.29, 0.717) is 36.3 Å². The number of anilines is 3. The summed E-state index contributed by atoms with van der Waals surface area (Å²) in [5.74, 6) is 1.93. The lowest BCUT2D eigenvalue weighted by atomic mass is 9.87. The van der Waals surface area contributed by atoms with Crippen molar-refractivity contribution in [2.24, 2.45) is 5.92 Å². The Labute approximate surface area is 194 Å². The summed E-state index contributed by atoms with van der Waals surface area (Å²) in [6.45, 7) is 0.750. The van der Waals surface area contributed by atoms with Gasteiger partial charge in [0, 0.05) is 31.5 Å². The molecule has 2 aromatic rings. The molecule has 1 saturated carbocycles. The molecule has 1 aliphatic heterocycles. The normalized spacial score (nSPS) is 24.2. The summed E-state index contributed by atoms with van der Waals surface area (Å²) in [5, 5.41) is 16.4. The molecule has 0 aromatic carbocycles. The van der Waals surface area contributed by atoms with Crippen LogP contribution >= 0.6 is 0 Å². The zero-order valence-corrected chi connectivity index (χ0v) is 19.7. The van der Waals surface area contributed by atoms with Crippen LogP contribution < -0.4 is 15.4 Å². The molecule has 0 radical (unpaired) electrons. The van der Waals surface area contributed by atoms with Crippen LogP contribution in [0.2, 0.25) is 0 Å². The Balaban J connectivity index is 1.29. The molecule has 11 heteroatoms. The lowest BCUT2D eigenvalue weighted by Crippen LogP contribution is -2.44. The number of methoxy groups -OCH3 is 1. The van der Waals surface area contributed by atoms with Crippen LogP contribution in [0.4, 0.5) is 17.5 Å². The highest BCUT2D eigenvalue weighted by Crippen LogP contribution is 2.29. The Kier molecular flexibility index (Phi) is 7.61. The molecule has 0 bridgehead atoms. The zero-order chi connectivity index (χ0) is 23.3. The lowest BCUT2D eigenvalue weighted by molar-refractivity contribution is 0.107. The summed E-state index contributed by atoms with van der Waals surface area (Å²) in [6, 6.07) is 5.70. The minimum absolute atomic E-state index is 0.146. The topological polar surface area (TPSA) is 130 Å². The Morgan fingerprint density at radius 1 is 1.15 bits per heavy atom. The van der Waals surface area contributed by atoms with Gasteiger partial charge in [0.25, 0.3) is 0 Å². The monoisotopic (exact) mass is 476 g/mol. The molecule has 1 atom stereocenters. The second-order valence-electron chi connectivity index (χ2n) is 8.75. The van der Waals surface area contributed by atoms with Crippen LogP contribution in [0, 0.1) is 5.92 Å². The van der Waals surface area contributed by atoms with Gasteiger partial charge in [-0.25, -0.2) is 18.4 Å². The van der Waals surface area contributed by atoms with Crippen molar-refractivity contribution >= 4 is 27.5 Å². The van der Waals surface area contributed by atoms with Gasteiger partial charge in [0.15, 0.2) is 0 Å². The molecular formula is C22H32N6O4S. The number of ether oxygens (including phenoxy) is 1. The molecule has 1 unspecified atom stereocenters. The number of β-amino-alcohol motifs (C(OH)–C–C–N with tert-alkyl or cyclic N) is 1. The van der Waals surface area contributed by atoms with Crippen molar-refractivity contribution in [2.45, 2.75) is 50.7 Å². The van der Waals surface area contributed by atoms with Gasteiger partial charge in [0.2, 0.25) is 21.9 Å². The van der Waals surface area contributed by atoms with E-state index < -0.39 is 16.1 Å². The number of aromatic nitrogens is 3. The van der Waals surface area contributed by atoms with Crippen LogP contribution in [0.25, 0.3) is 0 Å². The molecule has 3 heterocycles. The van der Waals surface area contributed by atoms with Crippen LogP contribution in [0.3, 0.4) is 0 Å². The van der Waals surface area contributed by atoms with E-state index in [2.05, 4.69) is 25.6 Å². The second-order valence-corrected chi connectivity index (χ2v) is 10.8. The fourth-order valence-electron chi connectivity index (χ4n) is 4.53. The first-order valence-electron chi connectivity index (χ1n) is 11.4.